The first-order valence-corrected chi connectivity index (χ1v) is 4.24. The summed E-state index contributed by atoms with van der Waals surface area (Å²) >= 11 is 0. The average Bonchev–Trinajstić information content (AvgIpc) is 2.27. The Balaban J connectivity index is 2.84. The van der Waals surface area contributed by atoms with E-state index in [1.165, 1.54) is 12.1 Å². The summed E-state index contributed by atoms with van der Waals surface area (Å²) in [5, 5.41) is 18.4. The molecule has 0 bridgehead atoms. The Bertz CT molecular complexity index is 585. The van der Waals surface area contributed by atoms with Crippen LogP contribution in [0.15, 0.2) is 30.5 Å². The molecule has 0 aliphatic carbocycles. The lowest BCUT2D eigenvalue weighted by Crippen LogP contribution is -1.97. The van der Waals surface area contributed by atoms with Gasteiger partial charge in [0.1, 0.15) is 6.07 Å². The molecule has 4 heteroatoms. The van der Waals surface area contributed by atoms with E-state index in [9.17, 15) is 4.79 Å². The molecule has 1 aromatic carbocycles. The van der Waals surface area contributed by atoms with E-state index in [0.29, 0.717) is 10.9 Å². The minimum Gasteiger partial charge on any atom is -0.478 e. The first kappa shape index (κ1) is 9.16. The van der Waals surface area contributed by atoms with Crippen LogP contribution in [0.3, 0.4) is 0 Å². The van der Waals surface area contributed by atoms with E-state index in [1.54, 1.807) is 18.3 Å². The van der Waals surface area contributed by atoms with Gasteiger partial charge in [0.05, 0.1) is 16.6 Å². The SMILES string of the molecule is N#Cc1cc(C(=O)O)cc2cccnc12. The summed E-state index contributed by atoms with van der Waals surface area (Å²) < 4.78 is 0. The molecule has 0 aliphatic heterocycles. The van der Waals surface area contributed by atoms with Gasteiger partial charge in [-0.3, -0.25) is 4.98 Å². The van der Waals surface area contributed by atoms with Crippen molar-refractivity contribution in [1.82, 2.24) is 4.98 Å². The Labute approximate surface area is 85.4 Å². The molecular formula is C11H6N2O2. The predicted molar refractivity (Wildman–Crippen MR) is 53.4 cm³/mol. The fourth-order valence-corrected chi connectivity index (χ4v) is 1.40. The number of nitrogens with zero attached hydrogens (tertiary/aromatic N) is 2. The molecule has 0 atom stereocenters. The Morgan fingerprint density at radius 1 is 1.47 bits per heavy atom. The molecule has 0 aliphatic rings. The Morgan fingerprint density at radius 2 is 2.27 bits per heavy atom. The fraction of sp³-hybridized carbons (Fsp3) is 0. The van der Waals surface area contributed by atoms with Crippen molar-refractivity contribution in [2.45, 2.75) is 0 Å². The predicted octanol–water partition coefficient (Wildman–Crippen LogP) is 1.80. The Kier molecular flexibility index (Phi) is 2.07. The van der Waals surface area contributed by atoms with Gasteiger partial charge < -0.3 is 5.11 Å². The highest BCUT2D eigenvalue weighted by molar-refractivity contribution is 5.95. The van der Waals surface area contributed by atoms with Crippen molar-refractivity contribution in [2.75, 3.05) is 0 Å². The smallest absolute Gasteiger partial charge is 0.335 e. The molecule has 72 valence electrons. The number of pyridine rings is 1. The van der Waals surface area contributed by atoms with Gasteiger partial charge in [0.2, 0.25) is 0 Å². The fourth-order valence-electron chi connectivity index (χ4n) is 1.40. The van der Waals surface area contributed by atoms with Crippen LogP contribution in [0, 0.1) is 11.3 Å². The van der Waals surface area contributed by atoms with Gasteiger partial charge in [-0.25, -0.2) is 4.79 Å². The summed E-state index contributed by atoms with van der Waals surface area (Å²) in [7, 11) is 0. The van der Waals surface area contributed by atoms with Gasteiger partial charge in [0, 0.05) is 11.6 Å². The highest BCUT2D eigenvalue weighted by Crippen LogP contribution is 2.18. The Morgan fingerprint density at radius 3 is 2.93 bits per heavy atom. The zero-order chi connectivity index (χ0) is 10.8. The maximum atomic E-state index is 10.8. The lowest BCUT2D eigenvalue weighted by Gasteiger charge is -2.00. The number of hydrogen-bond donors (Lipinski definition) is 1. The molecule has 2 rings (SSSR count). The van der Waals surface area contributed by atoms with Crippen molar-refractivity contribution in [3.05, 3.63) is 41.6 Å². The molecule has 0 spiro atoms. The highest BCUT2D eigenvalue weighted by atomic mass is 16.4. The highest BCUT2D eigenvalue weighted by Gasteiger charge is 2.08. The second-order valence-electron chi connectivity index (χ2n) is 3.02. The molecule has 0 amide bonds. The molecule has 0 fully saturated rings. The largest absolute Gasteiger partial charge is 0.478 e. The van der Waals surface area contributed by atoms with Gasteiger partial charge >= 0.3 is 5.97 Å². The third-order valence-electron chi connectivity index (χ3n) is 2.07. The summed E-state index contributed by atoms with van der Waals surface area (Å²) in [5.41, 5.74) is 0.919. The van der Waals surface area contributed by atoms with Crippen LogP contribution in [0.1, 0.15) is 15.9 Å². The minimum atomic E-state index is -1.04. The molecule has 1 aromatic heterocycles. The van der Waals surface area contributed by atoms with E-state index in [0.717, 1.165) is 0 Å². The second-order valence-corrected chi connectivity index (χ2v) is 3.02. The molecule has 0 radical (unpaired) electrons. The number of nitriles is 1. The van der Waals surface area contributed by atoms with Crippen molar-refractivity contribution < 1.29 is 9.90 Å². The molecule has 0 saturated heterocycles. The number of benzene rings is 1. The van der Waals surface area contributed by atoms with Crippen molar-refractivity contribution in [3.8, 4) is 6.07 Å². The number of carboxylic acid groups (broad SMARTS) is 1. The van der Waals surface area contributed by atoms with Crippen LogP contribution in [0.25, 0.3) is 10.9 Å². The summed E-state index contributed by atoms with van der Waals surface area (Å²) in [6.07, 6.45) is 1.57. The van der Waals surface area contributed by atoms with Gasteiger partial charge in [-0.05, 0) is 18.2 Å². The minimum absolute atomic E-state index is 0.104. The van der Waals surface area contributed by atoms with E-state index in [4.69, 9.17) is 10.4 Å². The maximum Gasteiger partial charge on any atom is 0.335 e. The molecule has 1 heterocycles. The summed E-state index contributed by atoms with van der Waals surface area (Å²) in [4.78, 5) is 14.8. The summed E-state index contributed by atoms with van der Waals surface area (Å²) in [5.74, 6) is -1.04. The number of hydrogen-bond acceptors (Lipinski definition) is 3. The molecule has 1 N–H and O–H groups in total. The van der Waals surface area contributed by atoms with Crippen molar-refractivity contribution >= 4 is 16.9 Å². The summed E-state index contributed by atoms with van der Waals surface area (Å²) in [6, 6.07) is 8.21. The van der Waals surface area contributed by atoms with Gasteiger partial charge in [-0.1, -0.05) is 6.07 Å². The van der Waals surface area contributed by atoms with Crippen LogP contribution in [0.4, 0.5) is 0 Å². The molecule has 0 saturated carbocycles. The zero-order valence-corrected chi connectivity index (χ0v) is 7.64. The monoisotopic (exact) mass is 198 g/mol. The van der Waals surface area contributed by atoms with Gasteiger partial charge in [-0.15, -0.1) is 0 Å². The number of rotatable bonds is 1. The normalized spacial score (nSPS) is 9.80. The van der Waals surface area contributed by atoms with Crippen LogP contribution < -0.4 is 0 Å². The number of fused-ring (bicyclic) bond motifs is 1. The van der Waals surface area contributed by atoms with E-state index in [2.05, 4.69) is 4.98 Å². The lowest BCUT2D eigenvalue weighted by molar-refractivity contribution is 0.0697. The van der Waals surface area contributed by atoms with E-state index >= 15 is 0 Å². The van der Waals surface area contributed by atoms with Crippen LogP contribution in [-0.4, -0.2) is 16.1 Å². The van der Waals surface area contributed by atoms with E-state index in [-0.39, 0.29) is 11.1 Å². The summed E-state index contributed by atoms with van der Waals surface area (Å²) in [6.45, 7) is 0. The van der Waals surface area contributed by atoms with Crippen LogP contribution in [0.5, 0.6) is 0 Å². The molecule has 4 nitrogen and oxygen atoms in total. The number of carboxylic acids is 1. The van der Waals surface area contributed by atoms with Gasteiger partial charge in [-0.2, -0.15) is 5.26 Å². The van der Waals surface area contributed by atoms with E-state index < -0.39 is 5.97 Å². The first-order chi connectivity index (χ1) is 7.22. The van der Waals surface area contributed by atoms with Gasteiger partial charge in [0.15, 0.2) is 0 Å². The number of aromatic carboxylic acids is 1. The van der Waals surface area contributed by atoms with Crippen molar-refractivity contribution in [1.29, 1.82) is 5.26 Å². The molecule has 15 heavy (non-hydrogen) atoms. The molecule has 0 unspecified atom stereocenters. The van der Waals surface area contributed by atoms with Gasteiger partial charge in [0.25, 0.3) is 0 Å². The standard InChI is InChI=1S/C11H6N2O2/c12-6-9-5-8(11(14)15)4-7-2-1-3-13-10(7)9/h1-5H,(H,14,15). The average molecular weight is 198 g/mol. The van der Waals surface area contributed by atoms with E-state index in [1.807, 2.05) is 6.07 Å². The Hall–Kier alpha value is -2.41. The topological polar surface area (TPSA) is 74.0 Å². The third kappa shape index (κ3) is 1.51. The first-order valence-electron chi connectivity index (χ1n) is 4.24. The zero-order valence-electron chi connectivity index (χ0n) is 7.64. The van der Waals surface area contributed by atoms with Crippen LogP contribution in [-0.2, 0) is 0 Å². The molecular weight excluding hydrogens is 192 g/mol. The van der Waals surface area contributed by atoms with Crippen molar-refractivity contribution in [2.24, 2.45) is 0 Å². The quantitative estimate of drug-likeness (QED) is 0.758. The van der Waals surface area contributed by atoms with Crippen LogP contribution >= 0.6 is 0 Å². The second kappa shape index (κ2) is 3.39. The lowest BCUT2D eigenvalue weighted by atomic mass is 10.1. The maximum absolute atomic E-state index is 10.8. The molecule has 2 aromatic rings. The number of aromatic nitrogens is 1. The van der Waals surface area contributed by atoms with Crippen molar-refractivity contribution in [3.63, 3.8) is 0 Å². The third-order valence-corrected chi connectivity index (χ3v) is 2.07. The van der Waals surface area contributed by atoms with Crippen LogP contribution in [0.2, 0.25) is 0 Å². The number of carbonyl (C=O) groups is 1.